The number of amides is 2. The Morgan fingerprint density at radius 3 is 2.84 bits per heavy atom. The van der Waals surface area contributed by atoms with Crippen molar-refractivity contribution in [2.75, 3.05) is 18.8 Å². The smallest absolute Gasteiger partial charge is 0.298 e. The molecule has 2 amide bonds. The lowest BCUT2D eigenvalue weighted by Crippen LogP contribution is -2.40. The Bertz CT molecular complexity index is 1500. The van der Waals surface area contributed by atoms with Gasteiger partial charge < -0.3 is 16.4 Å². The van der Waals surface area contributed by atoms with E-state index in [2.05, 4.69) is 16.9 Å². The zero-order chi connectivity index (χ0) is 26.1. The highest BCUT2D eigenvalue weighted by Gasteiger charge is 2.79. The van der Waals surface area contributed by atoms with Gasteiger partial charge in [0.25, 0.3) is 18.2 Å². The number of primary amides is 1. The Kier molecular flexibility index (Phi) is 5.12. The molecule has 3 aliphatic rings. The molecule has 1 aromatic carbocycles. The largest absolute Gasteiger partial charge is 0.383 e. The zero-order valence-electron chi connectivity index (χ0n) is 20.1. The van der Waals surface area contributed by atoms with E-state index >= 15 is 0 Å². The van der Waals surface area contributed by atoms with E-state index in [-0.39, 0.29) is 40.9 Å². The second-order valence-corrected chi connectivity index (χ2v) is 10.1. The fourth-order valence-corrected chi connectivity index (χ4v) is 6.46. The number of hydrogen-bond acceptors (Lipinski definition) is 5. The average molecular weight is 506 g/mol. The van der Waals surface area contributed by atoms with Gasteiger partial charge in [-0.05, 0) is 42.7 Å². The number of carbonyl (C=O) groups is 2. The summed E-state index contributed by atoms with van der Waals surface area (Å²) in [6, 6.07) is 6.18. The van der Waals surface area contributed by atoms with Crippen molar-refractivity contribution in [3.8, 4) is 23.1 Å². The van der Waals surface area contributed by atoms with Crippen LogP contribution in [0.25, 0.3) is 11.3 Å². The second-order valence-electron chi connectivity index (χ2n) is 10.1. The first-order valence-electron chi connectivity index (χ1n) is 12.0. The van der Waals surface area contributed by atoms with Crippen molar-refractivity contribution in [2.45, 2.75) is 32.4 Å². The monoisotopic (exact) mass is 505 g/mol. The lowest BCUT2D eigenvalue weighted by molar-refractivity contribution is -0.125. The number of rotatable bonds is 6. The molecule has 1 saturated heterocycles. The highest BCUT2D eigenvalue weighted by molar-refractivity contribution is 6.03. The molecular formula is C26H25F2N7O2. The number of likely N-dealkylation sites (tertiary alicyclic amines) is 1. The average Bonchev–Trinajstić information content (AvgIpc) is 3.34. The summed E-state index contributed by atoms with van der Waals surface area (Å²) in [4.78, 5) is 26.3. The molecule has 4 atom stereocenters. The third-order valence-corrected chi connectivity index (χ3v) is 8.11. The number of nitrogens with zero attached hydrogens (tertiary/aromatic N) is 5. The molecule has 190 valence electrons. The third-order valence-electron chi connectivity index (χ3n) is 8.11. The van der Waals surface area contributed by atoms with Crippen LogP contribution in [-0.4, -0.2) is 49.4 Å². The molecule has 37 heavy (non-hydrogen) atoms. The van der Waals surface area contributed by atoms with Crippen LogP contribution >= 0.6 is 0 Å². The fourth-order valence-electron chi connectivity index (χ4n) is 6.46. The predicted octanol–water partition coefficient (Wildman–Crippen LogP) is 2.46. The topological polar surface area (TPSA) is 125 Å². The first-order valence-corrected chi connectivity index (χ1v) is 12.0. The molecule has 4 N–H and O–H groups in total. The second kappa shape index (κ2) is 8.16. The van der Waals surface area contributed by atoms with Crippen molar-refractivity contribution < 1.29 is 18.4 Å². The van der Waals surface area contributed by atoms with Gasteiger partial charge in [-0.15, -0.1) is 0 Å². The summed E-state index contributed by atoms with van der Waals surface area (Å²) in [7, 11) is 0. The van der Waals surface area contributed by atoms with E-state index in [1.54, 1.807) is 40.8 Å². The van der Waals surface area contributed by atoms with Crippen molar-refractivity contribution in [3.05, 3.63) is 53.3 Å². The molecule has 11 heteroatoms. The molecule has 9 nitrogen and oxygen atoms in total. The maximum Gasteiger partial charge on any atom is 0.298 e. The molecule has 0 radical (unpaired) electrons. The molecule has 2 aromatic heterocycles. The van der Waals surface area contributed by atoms with Crippen molar-refractivity contribution in [3.63, 3.8) is 0 Å². The van der Waals surface area contributed by atoms with Gasteiger partial charge in [0.2, 0.25) is 0 Å². The maximum absolute atomic E-state index is 13.1. The fraction of sp³-hybridized carbons (Fsp3) is 0.385. The number of halogens is 2. The first kappa shape index (κ1) is 23.2. The molecular weight excluding hydrogens is 480 g/mol. The van der Waals surface area contributed by atoms with Crippen LogP contribution in [0.15, 0.2) is 36.7 Å². The van der Waals surface area contributed by atoms with Gasteiger partial charge in [-0.3, -0.25) is 14.3 Å². The van der Waals surface area contributed by atoms with Gasteiger partial charge in [-0.2, -0.15) is 10.2 Å². The lowest BCUT2D eigenvalue weighted by atomic mass is 9.80. The summed E-state index contributed by atoms with van der Waals surface area (Å²) in [6.07, 6.45) is 1.51. The third kappa shape index (κ3) is 3.50. The van der Waals surface area contributed by atoms with Gasteiger partial charge in [-0.25, -0.2) is 13.5 Å². The SMILES string of the molecule is CC#CC(=O)N1CC2C3[C@H](n4nc(-c5cnn(Cc6cccc(C(F)F)c6)c5)c(C(N)=O)c4N)C[C@]23C1. The number of piperidine rings is 1. The quantitative estimate of drug-likeness (QED) is 0.498. The summed E-state index contributed by atoms with van der Waals surface area (Å²) in [6.45, 7) is 3.28. The van der Waals surface area contributed by atoms with Gasteiger partial charge in [0, 0.05) is 35.8 Å². The van der Waals surface area contributed by atoms with E-state index in [4.69, 9.17) is 16.6 Å². The Hall–Kier alpha value is -4.20. The molecule has 2 saturated carbocycles. The Balaban J connectivity index is 1.23. The highest BCUT2D eigenvalue weighted by Crippen LogP contribution is 2.79. The Labute approximate surface area is 211 Å². The van der Waals surface area contributed by atoms with Crippen LogP contribution in [0.1, 0.15) is 47.3 Å². The van der Waals surface area contributed by atoms with Gasteiger partial charge in [-0.1, -0.05) is 24.1 Å². The molecule has 3 aromatic rings. The summed E-state index contributed by atoms with van der Waals surface area (Å²) < 4.78 is 29.4. The number of carbonyl (C=O) groups excluding carboxylic acids is 2. The Morgan fingerprint density at radius 1 is 1.32 bits per heavy atom. The Morgan fingerprint density at radius 2 is 2.14 bits per heavy atom. The summed E-state index contributed by atoms with van der Waals surface area (Å²) in [5.74, 6) is 5.38. The van der Waals surface area contributed by atoms with Crippen molar-refractivity contribution >= 4 is 17.6 Å². The number of nitrogen functional groups attached to an aromatic ring is 1. The number of nitrogens with two attached hydrogens (primary N) is 2. The van der Waals surface area contributed by atoms with E-state index in [0.717, 1.165) is 6.42 Å². The maximum atomic E-state index is 13.1. The van der Waals surface area contributed by atoms with Crippen LogP contribution in [0.4, 0.5) is 14.6 Å². The number of hydrogen-bond donors (Lipinski definition) is 2. The van der Waals surface area contributed by atoms with Gasteiger partial charge in [0.1, 0.15) is 17.1 Å². The summed E-state index contributed by atoms with van der Waals surface area (Å²) in [5.41, 5.74) is 13.8. The van der Waals surface area contributed by atoms with Crippen LogP contribution in [0, 0.1) is 29.1 Å². The zero-order valence-corrected chi connectivity index (χ0v) is 20.1. The molecule has 2 aliphatic carbocycles. The molecule has 2 unspecified atom stereocenters. The minimum absolute atomic E-state index is 0.0264. The van der Waals surface area contributed by atoms with Crippen LogP contribution in [0.3, 0.4) is 0 Å². The van der Waals surface area contributed by atoms with Crippen molar-refractivity contribution in [1.82, 2.24) is 24.5 Å². The first-order chi connectivity index (χ1) is 17.7. The molecule has 6 rings (SSSR count). The molecule has 1 aliphatic heterocycles. The number of anilines is 1. The van der Waals surface area contributed by atoms with E-state index < -0.39 is 12.3 Å². The number of alkyl halides is 2. The van der Waals surface area contributed by atoms with Crippen molar-refractivity contribution in [2.24, 2.45) is 23.0 Å². The lowest BCUT2D eigenvalue weighted by Gasteiger charge is -2.37. The summed E-state index contributed by atoms with van der Waals surface area (Å²) in [5, 5.41) is 9.03. The van der Waals surface area contributed by atoms with Crippen LogP contribution in [0.5, 0.6) is 0 Å². The summed E-state index contributed by atoms with van der Waals surface area (Å²) >= 11 is 0. The van der Waals surface area contributed by atoms with E-state index in [1.165, 1.54) is 12.1 Å². The van der Waals surface area contributed by atoms with E-state index in [9.17, 15) is 18.4 Å². The predicted molar refractivity (Wildman–Crippen MR) is 130 cm³/mol. The number of benzene rings is 1. The minimum atomic E-state index is -2.55. The molecule has 3 heterocycles. The highest BCUT2D eigenvalue weighted by atomic mass is 19.3. The van der Waals surface area contributed by atoms with Crippen LogP contribution in [-0.2, 0) is 11.3 Å². The van der Waals surface area contributed by atoms with E-state index in [0.29, 0.717) is 41.7 Å². The number of fused-ring (bicyclic) bond motifs is 1. The number of aromatic nitrogens is 4. The molecule has 1 spiro atoms. The normalized spacial score (nSPS) is 25.2. The standard InChI is InChI=1S/C26H25F2N7O2/c1-2-4-19(36)33-12-17-21-18(8-26(17,21)13-33)35-24(29)20(25(30)37)22(32-35)16-9-31-34(11-16)10-14-5-3-6-15(7-14)23(27)28/h3,5-7,9,11,17-18,21,23H,8,10,12-13,29H2,1H3,(H2,30,37)/t17?,18-,21?,26+/m1/s1. The van der Waals surface area contributed by atoms with Crippen LogP contribution < -0.4 is 11.5 Å². The molecule has 0 bridgehead atoms. The van der Waals surface area contributed by atoms with Gasteiger partial charge in [0.15, 0.2) is 0 Å². The van der Waals surface area contributed by atoms with Gasteiger partial charge >= 0.3 is 0 Å². The van der Waals surface area contributed by atoms with Gasteiger partial charge in [0.05, 0.1) is 18.8 Å². The minimum Gasteiger partial charge on any atom is -0.383 e. The van der Waals surface area contributed by atoms with E-state index in [1.807, 2.05) is 4.90 Å². The molecule has 3 fully saturated rings. The van der Waals surface area contributed by atoms with Crippen molar-refractivity contribution in [1.29, 1.82) is 0 Å². The van der Waals surface area contributed by atoms with Crippen LogP contribution in [0.2, 0.25) is 0 Å².